The summed E-state index contributed by atoms with van der Waals surface area (Å²) in [7, 11) is 6.17. The first kappa shape index (κ1) is 14.9. The molecule has 2 aliphatic rings. The number of hydrogen-bond acceptors (Lipinski definition) is 3. The first-order valence-electron chi connectivity index (χ1n) is 8.29. The number of fused-ring (bicyclic) bond motifs is 1. The van der Waals surface area contributed by atoms with Crippen LogP contribution >= 0.6 is 0 Å². The average Bonchev–Trinajstić information content (AvgIpc) is 2.97. The zero-order valence-corrected chi connectivity index (χ0v) is 13.6. The zero-order valence-electron chi connectivity index (χ0n) is 13.6. The highest BCUT2D eigenvalue weighted by molar-refractivity contribution is 5.40. The summed E-state index contributed by atoms with van der Waals surface area (Å²) in [5, 5.41) is 3.43. The molecule has 0 spiro atoms. The van der Waals surface area contributed by atoms with Gasteiger partial charge in [0.2, 0.25) is 0 Å². The summed E-state index contributed by atoms with van der Waals surface area (Å²) in [4.78, 5) is 2.64. The Kier molecular flexibility index (Phi) is 4.51. The number of methoxy groups -OCH3 is 1. The van der Waals surface area contributed by atoms with Crippen LogP contribution in [0.1, 0.15) is 49.3 Å². The Morgan fingerprint density at radius 2 is 1.90 bits per heavy atom. The Labute approximate surface area is 128 Å². The maximum atomic E-state index is 5.41. The molecule has 0 aromatic heterocycles. The second-order valence-corrected chi connectivity index (χ2v) is 6.58. The fourth-order valence-electron chi connectivity index (χ4n) is 4.13. The molecular weight excluding hydrogens is 260 g/mol. The van der Waals surface area contributed by atoms with Gasteiger partial charge in [-0.3, -0.25) is 4.90 Å². The second-order valence-electron chi connectivity index (χ2n) is 6.58. The first-order chi connectivity index (χ1) is 10.2. The summed E-state index contributed by atoms with van der Waals surface area (Å²) in [6.45, 7) is 0. The Morgan fingerprint density at radius 1 is 1.14 bits per heavy atom. The van der Waals surface area contributed by atoms with Crippen LogP contribution in [0.15, 0.2) is 18.2 Å². The highest BCUT2D eigenvalue weighted by Gasteiger charge is 2.32. The van der Waals surface area contributed by atoms with Gasteiger partial charge in [0, 0.05) is 18.1 Å². The van der Waals surface area contributed by atoms with E-state index in [1.165, 1.54) is 49.7 Å². The Bertz CT molecular complexity index is 480. The molecule has 0 saturated heterocycles. The fourth-order valence-corrected chi connectivity index (χ4v) is 4.13. The lowest BCUT2D eigenvalue weighted by Crippen LogP contribution is -2.41. The monoisotopic (exact) mass is 288 g/mol. The minimum Gasteiger partial charge on any atom is -0.497 e. The molecule has 3 rings (SSSR count). The van der Waals surface area contributed by atoms with Gasteiger partial charge >= 0.3 is 0 Å². The van der Waals surface area contributed by atoms with Crippen molar-refractivity contribution in [2.45, 2.75) is 56.7 Å². The largest absolute Gasteiger partial charge is 0.497 e. The van der Waals surface area contributed by atoms with Crippen LogP contribution in [-0.2, 0) is 6.42 Å². The smallest absolute Gasteiger partial charge is 0.119 e. The van der Waals surface area contributed by atoms with Crippen LogP contribution in [0.25, 0.3) is 0 Å². The average molecular weight is 288 g/mol. The molecule has 21 heavy (non-hydrogen) atoms. The molecule has 1 unspecified atom stereocenters. The number of benzene rings is 1. The molecule has 1 aromatic rings. The molecule has 0 heterocycles. The third kappa shape index (κ3) is 2.95. The number of hydrogen-bond donors (Lipinski definition) is 1. The van der Waals surface area contributed by atoms with E-state index in [2.05, 4.69) is 42.5 Å². The van der Waals surface area contributed by atoms with Gasteiger partial charge in [-0.25, -0.2) is 0 Å². The summed E-state index contributed by atoms with van der Waals surface area (Å²) in [5.74, 6) is 0.993. The summed E-state index contributed by atoms with van der Waals surface area (Å²) < 4.78 is 5.41. The molecule has 0 radical (unpaired) electrons. The molecule has 2 aliphatic carbocycles. The van der Waals surface area contributed by atoms with E-state index in [9.17, 15) is 0 Å². The minimum atomic E-state index is 0.575. The van der Waals surface area contributed by atoms with E-state index in [4.69, 9.17) is 4.74 Å². The highest BCUT2D eigenvalue weighted by Crippen LogP contribution is 2.39. The topological polar surface area (TPSA) is 24.5 Å². The molecule has 1 atom stereocenters. The van der Waals surface area contributed by atoms with Crippen molar-refractivity contribution in [3.63, 3.8) is 0 Å². The maximum Gasteiger partial charge on any atom is 0.119 e. The van der Waals surface area contributed by atoms with Crippen molar-refractivity contribution in [3.05, 3.63) is 29.3 Å². The normalized spacial score (nSPS) is 28.7. The van der Waals surface area contributed by atoms with Gasteiger partial charge in [0.05, 0.1) is 7.11 Å². The van der Waals surface area contributed by atoms with E-state index < -0.39 is 0 Å². The van der Waals surface area contributed by atoms with E-state index in [0.717, 1.165) is 17.8 Å². The van der Waals surface area contributed by atoms with Crippen molar-refractivity contribution in [1.82, 2.24) is 10.2 Å². The van der Waals surface area contributed by atoms with Crippen molar-refractivity contribution in [1.29, 1.82) is 0 Å². The van der Waals surface area contributed by atoms with Gasteiger partial charge in [-0.2, -0.15) is 0 Å². The third-order valence-corrected chi connectivity index (χ3v) is 5.57. The predicted molar refractivity (Wildman–Crippen MR) is 86.9 cm³/mol. The van der Waals surface area contributed by atoms with Gasteiger partial charge in [-0.15, -0.1) is 0 Å². The van der Waals surface area contributed by atoms with E-state index in [0.29, 0.717) is 6.04 Å². The van der Waals surface area contributed by atoms with Crippen LogP contribution in [-0.4, -0.2) is 38.2 Å². The number of rotatable bonds is 4. The SMILES string of the molecule is CNC1CCC(N(C)C2CCc3ccc(OC)cc32)CC1. The minimum absolute atomic E-state index is 0.575. The van der Waals surface area contributed by atoms with E-state index in [1.54, 1.807) is 7.11 Å². The summed E-state index contributed by atoms with van der Waals surface area (Å²) in [5.41, 5.74) is 3.00. The summed E-state index contributed by atoms with van der Waals surface area (Å²) >= 11 is 0. The number of nitrogens with zero attached hydrogens (tertiary/aromatic N) is 1. The van der Waals surface area contributed by atoms with Gasteiger partial charge in [0.1, 0.15) is 5.75 Å². The Morgan fingerprint density at radius 3 is 2.57 bits per heavy atom. The molecule has 0 aliphatic heterocycles. The van der Waals surface area contributed by atoms with Crippen LogP contribution in [0.4, 0.5) is 0 Å². The maximum absolute atomic E-state index is 5.41. The predicted octanol–water partition coefficient (Wildman–Crippen LogP) is 3.14. The van der Waals surface area contributed by atoms with Crippen molar-refractivity contribution < 1.29 is 4.74 Å². The molecule has 1 fully saturated rings. The number of ether oxygens (including phenoxy) is 1. The lowest BCUT2D eigenvalue weighted by Gasteiger charge is -2.38. The zero-order chi connectivity index (χ0) is 14.8. The molecule has 116 valence electrons. The second kappa shape index (κ2) is 6.37. The van der Waals surface area contributed by atoms with Crippen LogP contribution in [0.2, 0.25) is 0 Å². The molecule has 3 heteroatoms. The van der Waals surface area contributed by atoms with Gasteiger partial charge < -0.3 is 10.1 Å². The lowest BCUT2D eigenvalue weighted by atomic mass is 9.89. The summed E-state index contributed by atoms with van der Waals surface area (Å²) in [6, 6.07) is 8.63. The van der Waals surface area contributed by atoms with Crippen molar-refractivity contribution >= 4 is 0 Å². The van der Waals surface area contributed by atoms with Gasteiger partial charge in [-0.05, 0) is 75.9 Å². The van der Waals surface area contributed by atoms with Gasteiger partial charge in [0.25, 0.3) is 0 Å². The first-order valence-corrected chi connectivity index (χ1v) is 8.29. The van der Waals surface area contributed by atoms with Crippen LogP contribution in [0, 0.1) is 0 Å². The van der Waals surface area contributed by atoms with Crippen LogP contribution < -0.4 is 10.1 Å². The quantitative estimate of drug-likeness (QED) is 0.921. The van der Waals surface area contributed by atoms with E-state index in [-0.39, 0.29) is 0 Å². The Hall–Kier alpha value is -1.06. The standard InChI is InChI=1S/C18H28N2O/c1-19-14-6-8-15(9-7-14)20(2)18-11-5-13-4-10-16(21-3)12-17(13)18/h4,10,12,14-15,18-19H,5-9,11H2,1-3H3. The van der Waals surface area contributed by atoms with Crippen molar-refractivity contribution in [2.24, 2.45) is 0 Å². The third-order valence-electron chi connectivity index (χ3n) is 5.57. The lowest BCUT2D eigenvalue weighted by molar-refractivity contribution is 0.127. The van der Waals surface area contributed by atoms with Crippen molar-refractivity contribution in [2.75, 3.05) is 21.2 Å². The molecule has 1 saturated carbocycles. The van der Waals surface area contributed by atoms with E-state index in [1.807, 2.05) is 0 Å². The van der Waals surface area contributed by atoms with Gasteiger partial charge in [0.15, 0.2) is 0 Å². The van der Waals surface area contributed by atoms with Crippen molar-refractivity contribution in [3.8, 4) is 5.75 Å². The number of nitrogens with one attached hydrogen (secondary N) is 1. The number of aryl methyl sites for hydroxylation is 1. The molecule has 1 aromatic carbocycles. The fraction of sp³-hybridized carbons (Fsp3) is 0.667. The molecular formula is C18H28N2O. The molecule has 1 N–H and O–H groups in total. The van der Waals surface area contributed by atoms with Crippen LogP contribution in [0.5, 0.6) is 5.75 Å². The molecule has 0 bridgehead atoms. The molecule has 3 nitrogen and oxygen atoms in total. The highest BCUT2D eigenvalue weighted by atomic mass is 16.5. The molecule has 0 amide bonds. The van der Waals surface area contributed by atoms with Gasteiger partial charge in [-0.1, -0.05) is 6.07 Å². The summed E-state index contributed by atoms with van der Waals surface area (Å²) in [6.07, 6.45) is 7.72. The Balaban J connectivity index is 1.71. The van der Waals surface area contributed by atoms with Crippen LogP contribution in [0.3, 0.4) is 0 Å². The van der Waals surface area contributed by atoms with E-state index >= 15 is 0 Å².